The van der Waals surface area contributed by atoms with E-state index in [0.29, 0.717) is 0 Å². The molecule has 3 N–H and O–H groups in total. The van der Waals surface area contributed by atoms with Gasteiger partial charge in [-0.2, -0.15) is 0 Å². The molecular formula is C11H18ClN3S. The molecule has 0 saturated carbocycles. The molecule has 1 aliphatic heterocycles. The maximum atomic E-state index is 6.13. The number of thiophene rings is 1. The molecule has 1 aromatic heterocycles. The number of nitrogens with two attached hydrogens (primary N) is 1. The smallest absolute Gasteiger partial charge is 0.0931 e. The second-order valence-corrected chi connectivity index (χ2v) is 5.88. The Morgan fingerprint density at radius 1 is 1.44 bits per heavy atom. The number of nitrogens with zero attached hydrogens (tertiary/aromatic N) is 1. The van der Waals surface area contributed by atoms with E-state index in [0.717, 1.165) is 43.5 Å². The first-order chi connectivity index (χ1) is 7.75. The lowest BCUT2D eigenvalue weighted by Gasteiger charge is -2.27. The summed E-state index contributed by atoms with van der Waals surface area (Å²) in [7, 11) is 0. The number of hydrogen-bond acceptors (Lipinski definition) is 4. The van der Waals surface area contributed by atoms with E-state index in [2.05, 4.69) is 10.2 Å². The summed E-state index contributed by atoms with van der Waals surface area (Å²) in [5.41, 5.74) is 6.13. The van der Waals surface area contributed by atoms with Crippen molar-refractivity contribution in [1.29, 1.82) is 0 Å². The summed E-state index contributed by atoms with van der Waals surface area (Å²) in [4.78, 5) is 3.66. The minimum atomic E-state index is 0.132. The van der Waals surface area contributed by atoms with Gasteiger partial charge in [-0.15, -0.1) is 11.3 Å². The lowest BCUT2D eigenvalue weighted by molar-refractivity contribution is 0.233. The van der Waals surface area contributed by atoms with Crippen LogP contribution < -0.4 is 11.1 Å². The van der Waals surface area contributed by atoms with E-state index in [1.165, 1.54) is 4.88 Å². The Morgan fingerprint density at radius 2 is 2.19 bits per heavy atom. The average molecular weight is 260 g/mol. The Hall–Kier alpha value is -0.130. The van der Waals surface area contributed by atoms with Crippen LogP contribution in [-0.2, 0) is 0 Å². The molecule has 1 unspecified atom stereocenters. The lowest BCUT2D eigenvalue weighted by Crippen LogP contribution is -2.44. The van der Waals surface area contributed by atoms with Crippen LogP contribution in [0, 0.1) is 0 Å². The summed E-state index contributed by atoms with van der Waals surface area (Å²) in [6.07, 6.45) is 1.01. The predicted octanol–water partition coefficient (Wildman–Crippen LogP) is 1.70. The van der Waals surface area contributed by atoms with Crippen LogP contribution in [0.5, 0.6) is 0 Å². The Labute approximate surface area is 106 Å². The van der Waals surface area contributed by atoms with Crippen LogP contribution in [0.3, 0.4) is 0 Å². The molecule has 0 amide bonds. The van der Waals surface area contributed by atoms with Gasteiger partial charge in [0, 0.05) is 43.6 Å². The summed E-state index contributed by atoms with van der Waals surface area (Å²) in [6.45, 7) is 5.55. The fraction of sp³-hybridized carbons (Fsp3) is 0.636. The molecule has 2 heterocycles. The van der Waals surface area contributed by atoms with Gasteiger partial charge in [-0.1, -0.05) is 11.6 Å². The molecule has 2 rings (SSSR count). The highest BCUT2D eigenvalue weighted by Gasteiger charge is 2.13. The third kappa shape index (κ3) is 3.43. The Bertz CT molecular complexity index is 323. The topological polar surface area (TPSA) is 41.3 Å². The summed E-state index contributed by atoms with van der Waals surface area (Å²) in [6, 6.07) is 4.09. The van der Waals surface area contributed by atoms with E-state index in [-0.39, 0.29) is 6.04 Å². The number of nitrogens with one attached hydrogen (secondary N) is 1. The molecule has 0 radical (unpaired) electrons. The third-order valence-electron chi connectivity index (χ3n) is 2.93. The zero-order valence-corrected chi connectivity index (χ0v) is 10.9. The van der Waals surface area contributed by atoms with E-state index >= 15 is 0 Å². The molecule has 1 aromatic rings. The first kappa shape index (κ1) is 12.3. The van der Waals surface area contributed by atoms with E-state index in [9.17, 15) is 0 Å². The Kier molecular flexibility index (Phi) is 4.61. The zero-order chi connectivity index (χ0) is 11.4. The van der Waals surface area contributed by atoms with Crippen LogP contribution in [0.15, 0.2) is 12.1 Å². The third-order valence-corrected chi connectivity index (χ3v) is 4.29. The fourth-order valence-corrected chi connectivity index (χ4v) is 3.02. The normalized spacial score (nSPS) is 19.9. The van der Waals surface area contributed by atoms with Crippen molar-refractivity contribution < 1.29 is 0 Å². The summed E-state index contributed by atoms with van der Waals surface area (Å²) < 4.78 is 0.827. The molecule has 1 saturated heterocycles. The van der Waals surface area contributed by atoms with Gasteiger partial charge in [-0.3, -0.25) is 0 Å². The average Bonchev–Trinajstić information content (AvgIpc) is 2.74. The molecule has 1 atom stereocenters. The summed E-state index contributed by atoms with van der Waals surface area (Å²) in [5, 5.41) is 3.35. The van der Waals surface area contributed by atoms with Gasteiger partial charge in [0.05, 0.1) is 4.34 Å². The Balaban J connectivity index is 1.76. The molecule has 3 nitrogen and oxygen atoms in total. The minimum Gasteiger partial charge on any atom is -0.323 e. The standard InChI is InChI=1S/C11H18ClN3S/c12-11-2-1-10(16-11)9(13)3-6-15-7-4-14-5-8-15/h1-2,9,14H,3-8,13H2. The number of halogens is 1. The highest BCUT2D eigenvalue weighted by atomic mass is 35.5. The van der Waals surface area contributed by atoms with Crippen LogP contribution in [0.4, 0.5) is 0 Å². The van der Waals surface area contributed by atoms with Gasteiger partial charge in [0.15, 0.2) is 0 Å². The molecule has 16 heavy (non-hydrogen) atoms. The van der Waals surface area contributed by atoms with Crippen molar-refractivity contribution >= 4 is 22.9 Å². The van der Waals surface area contributed by atoms with E-state index < -0.39 is 0 Å². The monoisotopic (exact) mass is 259 g/mol. The SMILES string of the molecule is NC(CCN1CCNCC1)c1ccc(Cl)s1. The number of piperazine rings is 1. The van der Waals surface area contributed by atoms with Crippen LogP contribution >= 0.6 is 22.9 Å². The molecule has 5 heteroatoms. The maximum Gasteiger partial charge on any atom is 0.0931 e. The molecule has 90 valence electrons. The van der Waals surface area contributed by atoms with Crippen molar-refractivity contribution in [3.8, 4) is 0 Å². The van der Waals surface area contributed by atoms with E-state index in [1.54, 1.807) is 11.3 Å². The van der Waals surface area contributed by atoms with E-state index in [1.807, 2.05) is 12.1 Å². The highest BCUT2D eigenvalue weighted by molar-refractivity contribution is 7.16. The quantitative estimate of drug-likeness (QED) is 0.865. The van der Waals surface area contributed by atoms with Crippen LogP contribution in [0.1, 0.15) is 17.3 Å². The fourth-order valence-electron chi connectivity index (χ4n) is 1.93. The predicted molar refractivity (Wildman–Crippen MR) is 70.2 cm³/mol. The molecule has 0 bridgehead atoms. The maximum absolute atomic E-state index is 6.13. The first-order valence-corrected chi connectivity index (χ1v) is 6.89. The van der Waals surface area contributed by atoms with Gasteiger partial charge in [-0.25, -0.2) is 0 Å². The second kappa shape index (κ2) is 5.98. The van der Waals surface area contributed by atoms with Crippen molar-refractivity contribution in [3.05, 3.63) is 21.3 Å². The summed E-state index contributed by atoms with van der Waals surface area (Å²) >= 11 is 7.49. The van der Waals surface area contributed by atoms with Crippen LogP contribution in [-0.4, -0.2) is 37.6 Å². The van der Waals surface area contributed by atoms with Crippen molar-refractivity contribution in [2.75, 3.05) is 32.7 Å². The van der Waals surface area contributed by atoms with Gasteiger partial charge in [0.2, 0.25) is 0 Å². The van der Waals surface area contributed by atoms with Gasteiger partial charge < -0.3 is 16.0 Å². The largest absolute Gasteiger partial charge is 0.323 e. The molecule has 0 spiro atoms. The lowest BCUT2D eigenvalue weighted by atomic mass is 10.1. The molecule has 1 aliphatic rings. The van der Waals surface area contributed by atoms with Gasteiger partial charge in [0.25, 0.3) is 0 Å². The first-order valence-electron chi connectivity index (χ1n) is 5.69. The molecule has 0 aromatic carbocycles. The number of hydrogen-bond donors (Lipinski definition) is 2. The Morgan fingerprint density at radius 3 is 2.81 bits per heavy atom. The molecule has 1 fully saturated rings. The van der Waals surface area contributed by atoms with Crippen molar-refractivity contribution in [2.24, 2.45) is 5.73 Å². The van der Waals surface area contributed by atoms with E-state index in [4.69, 9.17) is 17.3 Å². The van der Waals surface area contributed by atoms with Gasteiger partial charge in [-0.05, 0) is 18.6 Å². The zero-order valence-electron chi connectivity index (χ0n) is 9.29. The van der Waals surface area contributed by atoms with Crippen LogP contribution in [0.2, 0.25) is 4.34 Å². The number of rotatable bonds is 4. The van der Waals surface area contributed by atoms with Gasteiger partial charge >= 0.3 is 0 Å². The second-order valence-electron chi connectivity index (χ2n) is 4.13. The minimum absolute atomic E-state index is 0.132. The molecular weight excluding hydrogens is 242 g/mol. The molecule has 0 aliphatic carbocycles. The van der Waals surface area contributed by atoms with Crippen LogP contribution in [0.25, 0.3) is 0 Å². The van der Waals surface area contributed by atoms with Crippen molar-refractivity contribution in [2.45, 2.75) is 12.5 Å². The van der Waals surface area contributed by atoms with Crippen molar-refractivity contribution in [1.82, 2.24) is 10.2 Å². The van der Waals surface area contributed by atoms with Gasteiger partial charge in [0.1, 0.15) is 0 Å². The highest BCUT2D eigenvalue weighted by Crippen LogP contribution is 2.27. The summed E-state index contributed by atoms with van der Waals surface area (Å²) in [5.74, 6) is 0. The van der Waals surface area contributed by atoms with Crippen molar-refractivity contribution in [3.63, 3.8) is 0 Å².